The van der Waals surface area contributed by atoms with Crippen LogP contribution in [0.25, 0.3) is 22.1 Å². The molecule has 6 rings (SSSR count). The van der Waals surface area contributed by atoms with Crippen molar-refractivity contribution in [2.24, 2.45) is 11.8 Å². The molecule has 0 spiro atoms. The number of ether oxygens (including phenoxy) is 2. The fourth-order valence-electron chi connectivity index (χ4n) is 8.88. The van der Waals surface area contributed by atoms with Crippen molar-refractivity contribution in [3.8, 4) is 0 Å². The molecule has 9 atom stereocenters. The fraction of sp³-hybridized carbons (Fsp3) is 0.490. The van der Waals surface area contributed by atoms with Crippen molar-refractivity contribution in [2.45, 2.75) is 94.5 Å². The van der Waals surface area contributed by atoms with E-state index in [0.29, 0.717) is 22.1 Å². The van der Waals surface area contributed by atoms with Crippen LogP contribution in [0, 0.1) is 11.8 Å². The van der Waals surface area contributed by atoms with Gasteiger partial charge in [0.05, 0.1) is 39.0 Å². The van der Waals surface area contributed by atoms with Gasteiger partial charge < -0.3 is 50.3 Å². The third-order valence-electron chi connectivity index (χ3n) is 13.2. The largest absolute Gasteiger partial charge is 0.461 e. The Morgan fingerprint density at radius 1 is 0.610 bits per heavy atom. The van der Waals surface area contributed by atoms with E-state index in [2.05, 4.69) is 41.2 Å². The van der Waals surface area contributed by atoms with Gasteiger partial charge in [0.15, 0.2) is 0 Å². The van der Waals surface area contributed by atoms with Crippen LogP contribution in [0.5, 0.6) is 0 Å². The molecule has 412 valence electrons. The first-order valence-corrected chi connectivity index (χ1v) is 27.0. The Morgan fingerprint density at radius 2 is 1.01 bits per heavy atom. The van der Waals surface area contributed by atoms with Crippen LogP contribution in [0.1, 0.15) is 62.5 Å². The molecule has 0 unspecified atom stereocenters. The smallest absolute Gasteiger partial charge is 0.329 e. The van der Waals surface area contributed by atoms with Crippen LogP contribution in [-0.4, -0.2) is 205 Å². The second-order valence-corrected chi connectivity index (χ2v) is 21.8. The molecule has 26 heteroatoms. The first-order chi connectivity index (χ1) is 36.4. The second-order valence-electron chi connectivity index (χ2n) is 19.3. The number of aromatic nitrogens is 4. The van der Waals surface area contributed by atoms with E-state index in [9.17, 15) is 38.4 Å². The zero-order chi connectivity index (χ0) is 56.6. The number of amides is 8. The van der Waals surface area contributed by atoms with Gasteiger partial charge in [0, 0.05) is 33.9 Å². The highest BCUT2D eigenvalue weighted by atomic mass is 32.2. The summed E-state index contributed by atoms with van der Waals surface area (Å²) in [4.78, 5) is 166. The summed E-state index contributed by atoms with van der Waals surface area (Å²) in [6.07, 6.45) is 4.06. The standard InChI is InChI=1S/C51H64N12O12S2/c1-25(2)38-49(72)74-22-36(59-42(65)34-21-53-30-17-13-15-19-32(30)57-34)44(67)55-28(6)46(69)63(10)40-48(71)62(9)39(26(3)4)50(73)75-23-35(58-41(64)33-20-52-29-16-12-14-18-31(29)56-33)43(66)54-27(5)45(68)60(7)37(47(70)61(38)8)24-77-51(40)76-11/h12-21,25-28,35-40,51H,22-24H2,1-11H3,(H,54,66)(H,55,67)(H,58,64)(H,59,65)/t27-,28-,35+,36+,37-,38-,39-,40-,51-/m0/s1. The number of esters is 2. The molecule has 2 aromatic heterocycles. The first-order valence-electron chi connectivity index (χ1n) is 24.7. The van der Waals surface area contributed by atoms with Gasteiger partial charge in [-0.1, -0.05) is 52.0 Å². The van der Waals surface area contributed by atoms with E-state index in [1.807, 2.05) is 0 Å². The van der Waals surface area contributed by atoms with Crippen LogP contribution in [0.3, 0.4) is 0 Å². The lowest BCUT2D eigenvalue weighted by molar-refractivity contribution is -0.160. The van der Waals surface area contributed by atoms with Gasteiger partial charge >= 0.3 is 11.9 Å². The number of nitrogens with zero attached hydrogens (tertiary/aromatic N) is 8. The molecule has 8 amide bonds. The number of fused-ring (bicyclic) bond motifs is 6. The summed E-state index contributed by atoms with van der Waals surface area (Å²) in [6, 6.07) is 1.79. The first kappa shape index (κ1) is 58.8. The van der Waals surface area contributed by atoms with Gasteiger partial charge in [-0.25, -0.2) is 19.6 Å². The summed E-state index contributed by atoms with van der Waals surface area (Å²) < 4.78 is 10.5. The van der Waals surface area contributed by atoms with Crippen LogP contribution in [0.4, 0.5) is 0 Å². The minimum Gasteiger partial charge on any atom is -0.461 e. The Hall–Kier alpha value is -7.48. The predicted octanol–water partition coefficient (Wildman–Crippen LogP) is 0.635. The molecule has 2 fully saturated rings. The third-order valence-corrected chi connectivity index (χ3v) is 16.0. The number of nitrogens with one attached hydrogen (secondary N) is 4. The van der Waals surface area contributed by atoms with Gasteiger partial charge in [-0.15, -0.1) is 23.5 Å². The number of carbonyl (C=O) groups excluding carboxylic acids is 10. The average Bonchev–Trinajstić information content (AvgIpc) is 3.40. The Labute approximate surface area is 453 Å². The number of para-hydroxylation sites is 4. The van der Waals surface area contributed by atoms with Gasteiger partial charge in [-0.3, -0.25) is 48.3 Å². The lowest BCUT2D eigenvalue weighted by Gasteiger charge is -2.40. The van der Waals surface area contributed by atoms with Gasteiger partial charge in [0.2, 0.25) is 35.4 Å². The number of benzene rings is 2. The predicted molar refractivity (Wildman–Crippen MR) is 284 cm³/mol. The molecule has 24 nitrogen and oxygen atoms in total. The molecule has 2 bridgehead atoms. The van der Waals surface area contributed by atoms with Crippen LogP contribution in [0.15, 0.2) is 60.9 Å². The van der Waals surface area contributed by atoms with E-state index < -0.39 is 137 Å². The van der Waals surface area contributed by atoms with Gasteiger partial charge in [-0.05, 0) is 56.2 Å². The van der Waals surface area contributed by atoms with Crippen LogP contribution in [-0.2, 0) is 47.8 Å². The molecular formula is C51H64N12O12S2. The SMILES string of the molecule is CS[C@H]1SC[C@H]2C(=O)N(C)[C@@H](C(C)C)C(=O)OC[C@@H](NC(=O)c3cnc4ccccc4n3)C(=O)N[C@@H](C)C(=O)N(C)[C@H]1C(=O)N(C)[C@@H](C(C)C)C(=O)OC[C@@H](NC(=O)c1cnc3ccccc3n1)C(=O)N[C@@H](C)C(=O)N2C. The highest BCUT2D eigenvalue weighted by molar-refractivity contribution is 8.16. The topological polar surface area (TPSA) is 302 Å². The highest BCUT2D eigenvalue weighted by Gasteiger charge is 2.45. The summed E-state index contributed by atoms with van der Waals surface area (Å²) >= 11 is 2.16. The normalized spacial score (nSPS) is 25.4. The number of cyclic esters (lactones) is 2. The Balaban J connectivity index is 1.43. The summed E-state index contributed by atoms with van der Waals surface area (Å²) in [7, 11) is 5.32. The quantitative estimate of drug-likeness (QED) is 0.185. The molecule has 0 saturated carbocycles. The maximum Gasteiger partial charge on any atom is 0.329 e. The minimum atomic E-state index is -1.66. The average molecular weight is 1100 g/mol. The zero-order valence-electron chi connectivity index (χ0n) is 44.5. The summed E-state index contributed by atoms with van der Waals surface area (Å²) in [5.41, 5.74) is 1.38. The minimum absolute atomic E-state index is 0.182. The Morgan fingerprint density at radius 3 is 1.43 bits per heavy atom. The van der Waals surface area contributed by atoms with E-state index in [1.165, 1.54) is 54.4 Å². The maximum atomic E-state index is 15.2. The van der Waals surface area contributed by atoms with Crippen molar-refractivity contribution in [3.63, 3.8) is 0 Å². The number of thioether (sulfide) groups is 2. The highest BCUT2D eigenvalue weighted by Crippen LogP contribution is 2.32. The van der Waals surface area contributed by atoms with Crippen molar-refractivity contribution in [1.29, 1.82) is 0 Å². The maximum absolute atomic E-state index is 15.2. The van der Waals surface area contributed by atoms with E-state index in [0.717, 1.165) is 43.1 Å². The van der Waals surface area contributed by atoms with Crippen molar-refractivity contribution in [2.75, 3.05) is 53.4 Å². The Bertz CT molecular complexity index is 2930. The number of likely N-dealkylation sites (N-methyl/N-ethyl adjacent to an activating group) is 4. The molecule has 4 heterocycles. The van der Waals surface area contributed by atoms with Crippen LogP contribution >= 0.6 is 23.5 Å². The van der Waals surface area contributed by atoms with Crippen molar-refractivity contribution < 1.29 is 57.4 Å². The number of rotatable bonds is 7. The summed E-state index contributed by atoms with van der Waals surface area (Å²) in [5.74, 6) is -10.4. The monoisotopic (exact) mass is 1100 g/mol. The van der Waals surface area contributed by atoms with Crippen LogP contribution < -0.4 is 21.3 Å². The third kappa shape index (κ3) is 13.6. The van der Waals surface area contributed by atoms with Gasteiger partial charge in [-0.2, -0.15) is 0 Å². The molecule has 2 aliphatic heterocycles. The van der Waals surface area contributed by atoms with E-state index in [-0.39, 0.29) is 17.1 Å². The second kappa shape index (κ2) is 25.6. The molecule has 2 aromatic carbocycles. The zero-order valence-corrected chi connectivity index (χ0v) is 46.2. The molecule has 4 aromatic rings. The number of hydrogen-bond acceptors (Lipinski definition) is 18. The van der Waals surface area contributed by atoms with Gasteiger partial charge in [0.25, 0.3) is 11.8 Å². The molecule has 0 radical (unpaired) electrons. The van der Waals surface area contributed by atoms with Crippen molar-refractivity contribution in [3.05, 3.63) is 72.3 Å². The van der Waals surface area contributed by atoms with Gasteiger partial charge in [0.1, 0.15) is 72.9 Å². The summed E-state index contributed by atoms with van der Waals surface area (Å²) in [6.45, 7) is 7.69. The van der Waals surface area contributed by atoms with E-state index in [1.54, 1.807) is 82.5 Å². The number of hydrogen-bond donors (Lipinski definition) is 4. The summed E-state index contributed by atoms with van der Waals surface area (Å²) in [5, 5.41) is 10.2. The molecule has 4 N–H and O–H groups in total. The Kier molecular flexibility index (Phi) is 19.5. The number of carbonyl (C=O) groups is 10. The molecular weight excluding hydrogens is 1040 g/mol. The van der Waals surface area contributed by atoms with Crippen molar-refractivity contribution in [1.82, 2.24) is 60.8 Å². The molecule has 77 heavy (non-hydrogen) atoms. The van der Waals surface area contributed by atoms with E-state index in [4.69, 9.17) is 9.47 Å². The molecule has 0 aliphatic carbocycles. The van der Waals surface area contributed by atoms with E-state index >= 15 is 9.59 Å². The molecule has 2 aliphatic rings. The lowest BCUT2D eigenvalue weighted by Crippen LogP contribution is -2.60. The molecule has 2 saturated heterocycles. The van der Waals surface area contributed by atoms with Crippen LogP contribution in [0.2, 0.25) is 0 Å². The lowest BCUT2D eigenvalue weighted by atomic mass is 10.0. The van der Waals surface area contributed by atoms with Crippen molar-refractivity contribution >= 4 is 105 Å². The fourth-order valence-corrected chi connectivity index (χ4v) is 11.4.